The van der Waals surface area contributed by atoms with Crippen LogP contribution in [0.15, 0.2) is 23.1 Å². The number of hydrogen-bond donors (Lipinski definition) is 1. The molecule has 1 aromatic carbocycles. The van der Waals surface area contributed by atoms with Crippen LogP contribution >= 0.6 is 0 Å². The molecule has 1 N–H and O–H groups in total. The molecule has 0 aliphatic rings. The molecule has 0 unspecified atom stereocenters. The Bertz CT molecular complexity index is 421. The zero-order valence-corrected chi connectivity index (χ0v) is 9.13. The molecule has 0 fully saturated rings. The summed E-state index contributed by atoms with van der Waals surface area (Å²) in [6, 6.07) is 4.97. The quantitative estimate of drug-likeness (QED) is 0.814. The highest BCUT2D eigenvalue weighted by Crippen LogP contribution is 2.15. The van der Waals surface area contributed by atoms with Gasteiger partial charge >= 0.3 is 0 Å². The van der Waals surface area contributed by atoms with E-state index in [1.807, 2.05) is 6.92 Å². The van der Waals surface area contributed by atoms with E-state index in [0.29, 0.717) is 11.3 Å². The van der Waals surface area contributed by atoms with E-state index in [1.54, 1.807) is 18.2 Å². The summed E-state index contributed by atoms with van der Waals surface area (Å²) in [5, 5.41) is 8.76. The fraction of sp³-hybridized carbons (Fsp3) is 0.400. The standard InChI is InChI=1S/C10H14O3S/c1-8-7-10(14(2,12)13)4-3-9(8)5-6-11/h3-4,7,11H,5-6H2,1-2H3. The van der Waals surface area contributed by atoms with Crippen molar-refractivity contribution >= 4 is 9.84 Å². The van der Waals surface area contributed by atoms with Gasteiger partial charge in [0.2, 0.25) is 0 Å². The number of hydrogen-bond acceptors (Lipinski definition) is 3. The summed E-state index contributed by atoms with van der Waals surface area (Å²) in [5.74, 6) is 0. The van der Waals surface area contributed by atoms with Gasteiger partial charge in [-0.05, 0) is 36.6 Å². The van der Waals surface area contributed by atoms with Crippen molar-refractivity contribution in [2.45, 2.75) is 18.2 Å². The first-order valence-corrected chi connectivity index (χ1v) is 6.24. The predicted molar refractivity (Wildman–Crippen MR) is 55.1 cm³/mol. The van der Waals surface area contributed by atoms with Crippen molar-refractivity contribution in [3.05, 3.63) is 29.3 Å². The maximum atomic E-state index is 11.2. The molecule has 1 rings (SSSR count). The van der Waals surface area contributed by atoms with Crippen LogP contribution in [0.3, 0.4) is 0 Å². The number of benzene rings is 1. The second-order valence-corrected chi connectivity index (χ2v) is 5.35. The van der Waals surface area contributed by atoms with Crippen molar-refractivity contribution in [1.82, 2.24) is 0 Å². The lowest BCUT2D eigenvalue weighted by atomic mass is 10.1. The molecule has 1 aromatic rings. The molecular formula is C10H14O3S. The summed E-state index contributed by atoms with van der Waals surface area (Å²) in [5.41, 5.74) is 1.89. The Morgan fingerprint density at radius 1 is 1.36 bits per heavy atom. The first-order chi connectivity index (χ1) is 6.45. The number of aryl methyl sites for hydroxylation is 1. The van der Waals surface area contributed by atoms with Crippen LogP contribution in [0, 0.1) is 6.92 Å². The third-order valence-corrected chi connectivity index (χ3v) is 3.23. The molecule has 14 heavy (non-hydrogen) atoms. The maximum absolute atomic E-state index is 11.2. The smallest absolute Gasteiger partial charge is 0.175 e. The molecule has 0 saturated carbocycles. The zero-order chi connectivity index (χ0) is 10.8. The topological polar surface area (TPSA) is 54.4 Å². The van der Waals surface area contributed by atoms with Crippen LogP contribution in [-0.2, 0) is 16.3 Å². The Morgan fingerprint density at radius 2 is 2.00 bits per heavy atom. The zero-order valence-electron chi connectivity index (χ0n) is 8.32. The summed E-state index contributed by atoms with van der Waals surface area (Å²) in [6.45, 7) is 1.93. The fourth-order valence-corrected chi connectivity index (χ4v) is 2.01. The molecule has 3 nitrogen and oxygen atoms in total. The Kier molecular flexibility index (Phi) is 3.29. The first kappa shape index (κ1) is 11.2. The van der Waals surface area contributed by atoms with E-state index in [-0.39, 0.29) is 6.61 Å². The van der Waals surface area contributed by atoms with Crippen LogP contribution in [0.25, 0.3) is 0 Å². The van der Waals surface area contributed by atoms with Crippen molar-refractivity contribution in [2.75, 3.05) is 12.9 Å². The second kappa shape index (κ2) is 4.11. The van der Waals surface area contributed by atoms with Gasteiger partial charge in [-0.3, -0.25) is 0 Å². The molecule has 0 aliphatic heterocycles. The normalized spacial score (nSPS) is 11.6. The lowest BCUT2D eigenvalue weighted by Gasteiger charge is -2.05. The van der Waals surface area contributed by atoms with E-state index in [4.69, 9.17) is 5.11 Å². The number of aliphatic hydroxyl groups excluding tert-OH is 1. The van der Waals surface area contributed by atoms with Crippen molar-refractivity contribution in [3.63, 3.8) is 0 Å². The van der Waals surface area contributed by atoms with Gasteiger partial charge in [-0.25, -0.2) is 8.42 Å². The Hall–Kier alpha value is -0.870. The van der Waals surface area contributed by atoms with Gasteiger partial charge in [0, 0.05) is 12.9 Å². The monoisotopic (exact) mass is 214 g/mol. The van der Waals surface area contributed by atoms with Gasteiger partial charge in [-0.15, -0.1) is 0 Å². The number of sulfone groups is 1. The third kappa shape index (κ3) is 2.56. The fourth-order valence-electron chi connectivity index (χ4n) is 1.30. The Balaban J connectivity index is 3.13. The second-order valence-electron chi connectivity index (χ2n) is 3.33. The van der Waals surface area contributed by atoms with E-state index in [1.165, 1.54) is 6.26 Å². The van der Waals surface area contributed by atoms with Crippen LogP contribution < -0.4 is 0 Å². The van der Waals surface area contributed by atoms with Gasteiger partial charge in [0.25, 0.3) is 0 Å². The molecule has 0 saturated heterocycles. The lowest BCUT2D eigenvalue weighted by Crippen LogP contribution is -2.00. The number of rotatable bonds is 3. The summed E-state index contributed by atoms with van der Waals surface area (Å²) in [6.07, 6.45) is 1.75. The molecule has 0 bridgehead atoms. The van der Waals surface area contributed by atoms with E-state index in [9.17, 15) is 8.42 Å². The van der Waals surface area contributed by atoms with Crippen LogP contribution in [0.4, 0.5) is 0 Å². The summed E-state index contributed by atoms with van der Waals surface area (Å²) in [7, 11) is -3.12. The highest BCUT2D eigenvalue weighted by Gasteiger charge is 2.08. The van der Waals surface area contributed by atoms with Crippen molar-refractivity contribution < 1.29 is 13.5 Å². The number of aliphatic hydroxyl groups is 1. The van der Waals surface area contributed by atoms with E-state index >= 15 is 0 Å². The van der Waals surface area contributed by atoms with Crippen LogP contribution in [-0.4, -0.2) is 26.4 Å². The molecule has 4 heteroatoms. The first-order valence-electron chi connectivity index (χ1n) is 4.35. The van der Waals surface area contributed by atoms with Crippen molar-refractivity contribution in [1.29, 1.82) is 0 Å². The van der Waals surface area contributed by atoms with Crippen LogP contribution in [0.5, 0.6) is 0 Å². The van der Waals surface area contributed by atoms with Crippen molar-refractivity contribution in [3.8, 4) is 0 Å². The molecule has 78 valence electrons. The highest BCUT2D eigenvalue weighted by molar-refractivity contribution is 7.90. The molecule has 0 aromatic heterocycles. The highest BCUT2D eigenvalue weighted by atomic mass is 32.2. The van der Waals surface area contributed by atoms with Gasteiger partial charge in [0.15, 0.2) is 9.84 Å². The SMILES string of the molecule is Cc1cc(S(C)(=O)=O)ccc1CCO. The average Bonchev–Trinajstić information content (AvgIpc) is 2.07. The van der Waals surface area contributed by atoms with E-state index < -0.39 is 9.84 Å². The predicted octanol–water partition coefficient (Wildman–Crippen LogP) is 0.933. The minimum Gasteiger partial charge on any atom is -0.396 e. The van der Waals surface area contributed by atoms with Crippen LogP contribution in [0.2, 0.25) is 0 Å². The molecule has 0 amide bonds. The molecule has 0 spiro atoms. The summed E-state index contributed by atoms with van der Waals surface area (Å²) >= 11 is 0. The van der Waals surface area contributed by atoms with E-state index in [0.717, 1.165) is 11.1 Å². The molecule has 0 atom stereocenters. The lowest BCUT2D eigenvalue weighted by molar-refractivity contribution is 0.299. The molecule has 0 radical (unpaired) electrons. The minimum absolute atomic E-state index is 0.0824. The van der Waals surface area contributed by atoms with Gasteiger partial charge in [-0.2, -0.15) is 0 Å². The molecule has 0 aliphatic carbocycles. The molecular weight excluding hydrogens is 200 g/mol. The molecule has 0 heterocycles. The maximum Gasteiger partial charge on any atom is 0.175 e. The Labute approximate surface area is 84.3 Å². The van der Waals surface area contributed by atoms with E-state index in [2.05, 4.69) is 0 Å². The third-order valence-electron chi connectivity index (χ3n) is 2.12. The van der Waals surface area contributed by atoms with Crippen molar-refractivity contribution in [2.24, 2.45) is 0 Å². The van der Waals surface area contributed by atoms with Gasteiger partial charge < -0.3 is 5.11 Å². The summed E-state index contributed by atoms with van der Waals surface area (Å²) < 4.78 is 22.4. The average molecular weight is 214 g/mol. The van der Waals surface area contributed by atoms with Gasteiger partial charge in [0.1, 0.15) is 0 Å². The minimum atomic E-state index is -3.12. The largest absolute Gasteiger partial charge is 0.396 e. The van der Waals surface area contributed by atoms with Gasteiger partial charge in [-0.1, -0.05) is 6.07 Å². The summed E-state index contributed by atoms with van der Waals surface area (Å²) in [4.78, 5) is 0.330. The van der Waals surface area contributed by atoms with Gasteiger partial charge in [0.05, 0.1) is 4.90 Å². The van der Waals surface area contributed by atoms with Crippen LogP contribution in [0.1, 0.15) is 11.1 Å². The Morgan fingerprint density at radius 3 is 2.43 bits per heavy atom.